The van der Waals surface area contributed by atoms with Gasteiger partial charge in [-0.3, -0.25) is 9.59 Å². The predicted octanol–water partition coefficient (Wildman–Crippen LogP) is 1.99. The van der Waals surface area contributed by atoms with Gasteiger partial charge in [0.1, 0.15) is 0 Å². The predicted molar refractivity (Wildman–Crippen MR) is 82.2 cm³/mol. The third-order valence-electron chi connectivity index (χ3n) is 3.26. The normalized spacial score (nSPS) is 10.4. The van der Waals surface area contributed by atoms with E-state index in [0.29, 0.717) is 19.4 Å². The molecule has 1 heterocycles. The Kier molecular flexibility index (Phi) is 5.71. The number of nitrogens with zero attached hydrogens (tertiary/aromatic N) is 1. The highest BCUT2D eigenvalue weighted by molar-refractivity contribution is 5.76. The highest BCUT2D eigenvalue weighted by Gasteiger charge is 2.08. The molecular formula is C16H19N3O3. The number of aliphatic carboxylic acids is 1. The number of nitrogens with one attached hydrogen (secondary N) is 2. The van der Waals surface area contributed by atoms with Crippen LogP contribution in [-0.2, 0) is 16.0 Å². The second kappa shape index (κ2) is 7.97. The van der Waals surface area contributed by atoms with E-state index >= 15 is 0 Å². The number of hydrogen-bond donors (Lipinski definition) is 3. The van der Waals surface area contributed by atoms with Crippen LogP contribution in [0.25, 0.3) is 11.3 Å². The molecule has 0 aliphatic rings. The Morgan fingerprint density at radius 1 is 1.18 bits per heavy atom. The number of carboxylic acid groups (broad SMARTS) is 1. The quantitative estimate of drug-likeness (QED) is 0.695. The third-order valence-corrected chi connectivity index (χ3v) is 3.26. The van der Waals surface area contributed by atoms with Gasteiger partial charge in [-0.1, -0.05) is 30.3 Å². The molecule has 2 rings (SSSR count). The van der Waals surface area contributed by atoms with Crippen LogP contribution >= 0.6 is 0 Å². The Labute approximate surface area is 128 Å². The van der Waals surface area contributed by atoms with Crippen molar-refractivity contribution < 1.29 is 14.7 Å². The van der Waals surface area contributed by atoms with Gasteiger partial charge >= 0.3 is 5.97 Å². The minimum atomic E-state index is -0.877. The fourth-order valence-electron chi connectivity index (χ4n) is 2.17. The topological polar surface area (TPSA) is 95.1 Å². The average molecular weight is 301 g/mol. The molecule has 116 valence electrons. The molecule has 0 unspecified atom stereocenters. The minimum Gasteiger partial charge on any atom is -0.481 e. The van der Waals surface area contributed by atoms with Crippen molar-refractivity contribution in [2.45, 2.75) is 25.7 Å². The minimum absolute atomic E-state index is 0.0200. The van der Waals surface area contributed by atoms with Gasteiger partial charge in [-0.05, 0) is 6.42 Å². The Morgan fingerprint density at radius 3 is 2.68 bits per heavy atom. The molecular weight excluding hydrogens is 282 g/mol. The van der Waals surface area contributed by atoms with Crippen molar-refractivity contribution >= 4 is 11.9 Å². The van der Waals surface area contributed by atoms with Crippen LogP contribution in [0.2, 0.25) is 0 Å². The zero-order chi connectivity index (χ0) is 15.8. The number of aromatic amines is 1. The second-order valence-corrected chi connectivity index (χ2v) is 4.94. The van der Waals surface area contributed by atoms with E-state index in [9.17, 15) is 9.59 Å². The van der Waals surface area contributed by atoms with Crippen molar-refractivity contribution in [2.24, 2.45) is 0 Å². The van der Waals surface area contributed by atoms with Gasteiger partial charge in [-0.2, -0.15) is 0 Å². The molecule has 1 aromatic carbocycles. The highest BCUT2D eigenvalue weighted by atomic mass is 16.4. The van der Waals surface area contributed by atoms with E-state index < -0.39 is 5.97 Å². The lowest BCUT2D eigenvalue weighted by Crippen LogP contribution is -2.25. The van der Waals surface area contributed by atoms with E-state index in [1.807, 2.05) is 30.3 Å². The number of carboxylic acids is 1. The number of carbonyl (C=O) groups excluding carboxylic acids is 1. The van der Waals surface area contributed by atoms with Crippen molar-refractivity contribution in [1.29, 1.82) is 0 Å². The molecule has 0 bridgehead atoms. The average Bonchev–Trinajstić information content (AvgIpc) is 2.96. The van der Waals surface area contributed by atoms with E-state index in [1.165, 1.54) is 0 Å². The first kappa shape index (κ1) is 15.8. The fourth-order valence-corrected chi connectivity index (χ4v) is 2.17. The van der Waals surface area contributed by atoms with E-state index in [0.717, 1.165) is 17.0 Å². The number of rotatable bonds is 8. The molecule has 0 atom stereocenters. The van der Waals surface area contributed by atoms with Gasteiger partial charge in [0.15, 0.2) is 0 Å². The Bertz CT molecular complexity index is 623. The number of benzene rings is 1. The van der Waals surface area contributed by atoms with E-state index in [2.05, 4.69) is 15.3 Å². The van der Waals surface area contributed by atoms with Crippen molar-refractivity contribution in [3.63, 3.8) is 0 Å². The first-order valence-electron chi connectivity index (χ1n) is 7.23. The number of imidazole rings is 1. The van der Waals surface area contributed by atoms with E-state index in [4.69, 9.17) is 5.11 Å². The summed E-state index contributed by atoms with van der Waals surface area (Å²) >= 11 is 0. The lowest BCUT2D eigenvalue weighted by atomic mass is 10.1. The van der Waals surface area contributed by atoms with Gasteiger partial charge in [0, 0.05) is 37.1 Å². The van der Waals surface area contributed by atoms with Crippen LogP contribution in [0.1, 0.15) is 25.0 Å². The van der Waals surface area contributed by atoms with Crippen LogP contribution in [-0.4, -0.2) is 33.5 Å². The molecule has 0 aliphatic heterocycles. The molecule has 0 saturated carbocycles. The van der Waals surface area contributed by atoms with Gasteiger partial charge in [0.05, 0.1) is 12.0 Å². The summed E-state index contributed by atoms with van der Waals surface area (Å²) in [5, 5.41) is 11.3. The van der Waals surface area contributed by atoms with Crippen LogP contribution in [0.3, 0.4) is 0 Å². The van der Waals surface area contributed by atoms with Crippen LogP contribution in [0.5, 0.6) is 0 Å². The largest absolute Gasteiger partial charge is 0.481 e. The molecule has 1 amide bonds. The molecule has 0 spiro atoms. The van der Waals surface area contributed by atoms with Gasteiger partial charge in [0.2, 0.25) is 5.91 Å². The van der Waals surface area contributed by atoms with Gasteiger partial charge in [0.25, 0.3) is 0 Å². The van der Waals surface area contributed by atoms with Crippen LogP contribution in [0.4, 0.5) is 0 Å². The molecule has 2 aromatic rings. The summed E-state index contributed by atoms with van der Waals surface area (Å²) in [6, 6.07) is 9.84. The maximum absolute atomic E-state index is 11.6. The summed E-state index contributed by atoms with van der Waals surface area (Å²) in [6.07, 6.45) is 2.91. The molecule has 0 fully saturated rings. The smallest absolute Gasteiger partial charge is 0.303 e. The van der Waals surface area contributed by atoms with Crippen molar-refractivity contribution in [3.05, 3.63) is 42.4 Å². The molecule has 0 aliphatic carbocycles. The number of carbonyl (C=O) groups is 2. The summed E-state index contributed by atoms with van der Waals surface area (Å²) in [6.45, 7) is 0.494. The van der Waals surface area contributed by atoms with Gasteiger partial charge < -0.3 is 15.4 Å². The fraction of sp³-hybridized carbons (Fsp3) is 0.312. The molecule has 6 heteroatoms. The summed E-state index contributed by atoms with van der Waals surface area (Å²) < 4.78 is 0. The Morgan fingerprint density at radius 2 is 1.95 bits per heavy atom. The number of hydrogen-bond acceptors (Lipinski definition) is 3. The third kappa shape index (κ3) is 4.73. The van der Waals surface area contributed by atoms with Crippen LogP contribution < -0.4 is 5.32 Å². The number of H-pyrrole nitrogens is 1. The van der Waals surface area contributed by atoms with Crippen LogP contribution in [0, 0.1) is 0 Å². The second-order valence-electron chi connectivity index (χ2n) is 4.94. The van der Waals surface area contributed by atoms with Crippen molar-refractivity contribution in [1.82, 2.24) is 15.3 Å². The number of aromatic nitrogens is 2. The first-order chi connectivity index (χ1) is 10.7. The van der Waals surface area contributed by atoms with E-state index in [1.54, 1.807) is 6.33 Å². The zero-order valence-electron chi connectivity index (χ0n) is 12.2. The molecule has 22 heavy (non-hydrogen) atoms. The summed E-state index contributed by atoms with van der Waals surface area (Å²) in [5.74, 6) is -1.00. The van der Waals surface area contributed by atoms with Crippen LogP contribution in [0.15, 0.2) is 36.7 Å². The maximum Gasteiger partial charge on any atom is 0.303 e. The number of amides is 1. The summed E-state index contributed by atoms with van der Waals surface area (Å²) in [4.78, 5) is 29.4. The monoisotopic (exact) mass is 301 g/mol. The van der Waals surface area contributed by atoms with Crippen molar-refractivity contribution in [2.75, 3.05) is 6.54 Å². The van der Waals surface area contributed by atoms with E-state index in [-0.39, 0.29) is 18.7 Å². The first-order valence-corrected chi connectivity index (χ1v) is 7.23. The maximum atomic E-state index is 11.6. The molecule has 0 radical (unpaired) electrons. The van der Waals surface area contributed by atoms with Crippen molar-refractivity contribution in [3.8, 4) is 11.3 Å². The molecule has 3 N–H and O–H groups in total. The summed E-state index contributed by atoms with van der Waals surface area (Å²) in [5.41, 5.74) is 2.89. The van der Waals surface area contributed by atoms with Gasteiger partial charge in [-0.25, -0.2) is 4.98 Å². The zero-order valence-corrected chi connectivity index (χ0v) is 12.2. The highest BCUT2D eigenvalue weighted by Crippen LogP contribution is 2.19. The molecule has 6 nitrogen and oxygen atoms in total. The SMILES string of the molecule is O=C(O)CCCC(=O)NCCc1[nH]cnc1-c1ccccc1. The lowest BCUT2D eigenvalue weighted by molar-refractivity contribution is -0.137. The Hall–Kier alpha value is -2.63. The molecule has 0 saturated heterocycles. The van der Waals surface area contributed by atoms with Gasteiger partial charge in [-0.15, -0.1) is 0 Å². The Balaban J connectivity index is 1.80. The molecule has 1 aromatic heterocycles. The standard InChI is InChI=1S/C16H19N3O3/c20-14(7-4-8-15(21)22)17-10-9-13-16(19-11-18-13)12-5-2-1-3-6-12/h1-3,5-6,11H,4,7-10H2,(H,17,20)(H,18,19)(H,21,22). The lowest BCUT2D eigenvalue weighted by Gasteiger charge is -2.05. The summed E-state index contributed by atoms with van der Waals surface area (Å²) in [7, 11) is 0.